The molecule has 2 aromatic rings. The van der Waals surface area contributed by atoms with Crippen LogP contribution in [0.15, 0.2) is 30.9 Å². The summed E-state index contributed by atoms with van der Waals surface area (Å²) in [6.07, 6.45) is 11.2. The molecule has 0 saturated heterocycles. The first-order valence-electron chi connectivity index (χ1n) is 7.06. The molecule has 2 heterocycles. The Kier molecular flexibility index (Phi) is 2.37. The molecule has 4 rings (SSSR count). The zero-order valence-corrected chi connectivity index (χ0v) is 10.9. The van der Waals surface area contributed by atoms with Gasteiger partial charge in [-0.25, -0.2) is 9.97 Å². The smallest absolute Gasteiger partial charge is 0.123 e. The second-order valence-corrected chi connectivity index (χ2v) is 5.82. The standard InChI is InChI=1S/C15H18N4/c16-14-7-12(5-6-18-14)13-8-17-9-19(13)15(10-1-2-10)11-3-4-11/h5-11,15H,1-4H2,(H2,16,18). The zero-order valence-electron chi connectivity index (χ0n) is 10.9. The molecule has 0 radical (unpaired) electrons. The topological polar surface area (TPSA) is 56.7 Å². The Morgan fingerprint density at radius 2 is 1.95 bits per heavy atom. The Morgan fingerprint density at radius 1 is 1.21 bits per heavy atom. The van der Waals surface area contributed by atoms with Crippen molar-refractivity contribution >= 4 is 5.82 Å². The normalized spacial score (nSPS) is 19.0. The third-order valence-electron chi connectivity index (χ3n) is 4.27. The minimum atomic E-state index is 0.569. The van der Waals surface area contributed by atoms with Crippen LogP contribution in [0.3, 0.4) is 0 Å². The number of aromatic nitrogens is 3. The highest BCUT2D eigenvalue weighted by Crippen LogP contribution is 2.52. The highest BCUT2D eigenvalue weighted by molar-refractivity contribution is 5.62. The summed E-state index contributed by atoms with van der Waals surface area (Å²) < 4.78 is 2.38. The van der Waals surface area contributed by atoms with Gasteiger partial charge >= 0.3 is 0 Å². The first-order valence-corrected chi connectivity index (χ1v) is 7.06. The minimum Gasteiger partial charge on any atom is -0.384 e. The first kappa shape index (κ1) is 11.0. The van der Waals surface area contributed by atoms with Gasteiger partial charge in [0.2, 0.25) is 0 Å². The number of nitrogens with two attached hydrogens (primary N) is 1. The largest absolute Gasteiger partial charge is 0.384 e. The molecule has 0 aliphatic heterocycles. The van der Waals surface area contributed by atoms with Crippen LogP contribution in [0.5, 0.6) is 0 Å². The van der Waals surface area contributed by atoms with E-state index in [0.717, 1.165) is 17.4 Å². The Bertz CT molecular complexity index is 584. The van der Waals surface area contributed by atoms with Crippen molar-refractivity contribution in [3.8, 4) is 11.3 Å². The lowest BCUT2D eigenvalue weighted by Gasteiger charge is -2.20. The third kappa shape index (κ3) is 2.01. The van der Waals surface area contributed by atoms with Crippen molar-refractivity contribution in [3.63, 3.8) is 0 Å². The number of hydrogen-bond acceptors (Lipinski definition) is 3. The van der Waals surface area contributed by atoms with E-state index < -0.39 is 0 Å². The summed E-state index contributed by atoms with van der Waals surface area (Å²) in [6, 6.07) is 4.59. The molecule has 4 heteroatoms. The maximum absolute atomic E-state index is 5.79. The van der Waals surface area contributed by atoms with Crippen LogP contribution in [-0.4, -0.2) is 14.5 Å². The molecular formula is C15H18N4. The number of nitrogens with zero attached hydrogens (tertiary/aromatic N) is 3. The first-order chi connectivity index (χ1) is 9.33. The SMILES string of the molecule is Nc1cc(-c2cncn2C(C2CC2)C2CC2)ccn1. The van der Waals surface area contributed by atoms with Crippen molar-refractivity contribution < 1.29 is 0 Å². The molecule has 19 heavy (non-hydrogen) atoms. The Hall–Kier alpha value is -1.84. The molecule has 0 spiro atoms. The zero-order chi connectivity index (χ0) is 12.8. The molecule has 2 aliphatic rings. The van der Waals surface area contributed by atoms with Crippen LogP contribution in [-0.2, 0) is 0 Å². The van der Waals surface area contributed by atoms with Crippen molar-refractivity contribution in [2.45, 2.75) is 31.7 Å². The van der Waals surface area contributed by atoms with Crippen molar-refractivity contribution in [3.05, 3.63) is 30.9 Å². The maximum atomic E-state index is 5.79. The van der Waals surface area contributed by atoms with Gasteiger partial charge in [-0.15, -0.1) is 0 Å². The van der Waals surface area contributed by atoms with Crippen LogP contribution < -0.4 is 5.73 Å². The van der Waals surface area contributed by atoms with Crippen LogP contribution in [0.1, 0.15) is 31.7 Å². The average molecular weight is 254 g/mol. The molecule has 0 aromatic carbocycles. The van der Waals surface area contributed by atoms with E-state index in [4.69, 9.17) is 5.73 Å². The molecule has 98 valence electrons. The lowest BCUT2D eigenvalue weighted by Crippen LogP contribution is -2.13. The minimum absolute atomic E-state index is 0.569. The van der Waals surface area contributed by atoms with Crippen molar-refractivity contribution in [2.24, 2.45) is 11.8 Å². The van der Waals surface area contributed by atoms with E-state index in [-0.39, 0.29) is 0 Å². The molecule has 0 unspecified atom stereocenters. The van der Waals surface area contributed by atoms with E-state index in [1.807, 2.05) is 24.7 Å². The fourth-order valence-electron chi connectivity index (χ4n) is 3.09. The van der Waals surface area contributed by atoms with E-state index in [2.05, 4.69) is 14.5 Å². The second-order valence-electron chi connectivity index (χ2n) is 5.82. The van der Waals surface area contributed by atoms with Crippen LogP contribution in [0.25, 0.3) is 11.3 Å². The summed E-state index contributed by atoms with van der Waals surface area (Å²) in [5, 5.41) is 0. The van der Waals surface area contributed by atoms with Gasteiger partial charge in [-0.3, -0.25) is 0 Å². The summed E-state index contributed by atoms with van der Waals surface area (Å²) in [5.74, 6) is 2.29. The molecule has 0 amide bonds. The molecule has 2 aromatic heterocycles. The predicted octanol–water partition coefficient (Wildman–Crippen LogP) is 2.89. The predicted molar refractivity (Wildman–Crippen MR) is 74.4 cm³/mol. The molecule has 2 fully saturated rings. The molecule has 2 N–H and O–H groups in total. The van der Waals surface area contributed by atoms with E-state index in [9.17, 15) is 0 Å². The van der Waals surface area contributed by atoms with Gasteiger partial charge in [-0.05, 0) is 49.7 Å². The van der Waals surface area contributed by atoms with Gasteiger partial charge in [0.15, 0.2) is 0 Å². The number of hydrogen-bond donors (Lipinski definition) is 1. The van der Waals surface area contributed by atoms with Gasteiger partial charge < -0.3 is 10.3 Å². The molecule has 0 atom stereocenters. The monoisotopic (exact) mass is 254 g/mol. The summed E-state index contributed by atoms with van der Waals surface area (Å²) in [6.45, 7) is 0. The molecule has 4 nitrogen and oxygen atoms in total. The molecule has 0 bridgehead atoms. The van der Waals surface area contributed by atoms with Crippen molar-refractivity contribution in [1.82, 2.24) is 14.5 Å². The highest BCUT2D eigenvalue weighted by Gasteiger charge is 2.43. The number of anilines is 1. The van der Waals surface area contributed by atoms with Crippen LogP contribution in [0.4, 0.5) is 5.82 Å². The Labute approximate surface area is 112 Å². The number of pyridine rings is 1. The number of nitrogen functional groups attached to an aromatic ring is 1. The fraction of sp³-hybridized carbons (Fsp3) is 0.467. The van der Waals surface area contributed by atoms with Gasteiger partial charge in [0.05, 0.1) is 18.2 Å². The van der Waals surface area contributed by atoms with E-state index >= 15 is 0 Å². The molecule has 2 aliphatic carbocycles. The quantitative estimate of drug-likeness (QED) is 0.912. The summed E-state index contributed by atoms with van der Waals surface area (Å²) in [7, 11) is 0. The number of rotatable bonds is 4. The van der Waals surface area contributed by atoms with Gasteiger partial charge in [-0.2, -0.15) is 0 Å². The van der Waals surface area contributed by atoms with Crippen LogP contribution >= 0.6 is 0 Å². The van der Waals surface area contributed by atoms with E-state index in [1.54, 1.807) is 6.20 Å². The van der Waals surface area contributed by atoms with Gasteiger partial charge in [-0.1, -0.05) is 0 Å². The lowest BCUT2D eigenvalue weighted by atomic mass is 10.1. The third-order valence-corrected chi connectivity index (χ3v) is 4.27. The summed E-state index contributed by atoms with van der Waals surface area (Å²) >= 11 is 0. The van der Waals surface area contributed by atoms with Crippen LogP contribution in [0.2, 0.25) is 0 Å². The van der Waals surface area contributed by atoms with E-state index in [0.29, 0.717) is 11.9 Å². The summed E-state index contributed by atoms with van der Waals surface area (Å²) in [5.41, 5.74) is 8.09. The highest BCUT2D eigenvalue weighted by atomic mass is 15.1. The molecular weight excluding hydrogens is 236 g/mol. The maximum Gasteiger partial charge on any atom is 0.123 e. The summed E-state index contributed by atoms with van der Waals surface area (Å²) in [4.78, 5) is 8.44. The van der Waals surface area contributed by atoms with E-state index in [1.165, 1.54) is 31.4 Å². The molecule has 2 saturated carbocycles. The fourth-order valence-corrected chi connectivity index (χ4v) is 3.09. The van der Waals surface area contributed by atoms with Crippen molar-refractivity contribution in [2.75, 3.05) is 5.73 Å². The van der Waals surface area contributed by atoms with Crippen LogP contribution in [0, 0.1) is 11.8 Å². The Balaban J connectivity index is 1.75. The van der Waals surface area contributed by atoms with Gasteiger partial charge in [0.25, 0.3) is 0 Å². The van der Waals surface area contributed by atoms with Gasteiger partial charge in [0, 0.05) is 17.8 Å². The second kappa shape index (κ2) is 4.08. The van der Waals surface area contributed by atoms with Gasteiger partial charge in [0.1, 0.15) is 5.82 Å². The average Bonchev–Trinajstić information content (AvgIpc) is 3.31. The number of imidazole rings is 1. The lowest BCUT2D eigenvalue weighted by molar-refractivity contribution is 0.398. The Morgan fingerprint density at radius 3 is 2.58 bits per heavy atom. The van der Waals surface area contributed by atoms with Crippen molar-refractivity contribution in [1.29, 1.82) is 0 Å².